The summed E-state index contributed by atoms with van der Waals surface area (Å²) in [5, 5.41) is 0. The van der Waals surface area contributed by atoms with Crippen LogP contribution in [0.15, 0.2) is 35.2 Å². The van der Waals surface area contributed by atoms with Crippen molar-refractivity contribution in [3.63, 3.8) is 0 Å². The molecule has 1 aromatic carbocycles. The monoisotopic (exact) mass is 424 g/mol. The molecule has 0 N–H and O–H groups in total. The van der Waals surface area contributed by atoms with E-state index in [4.69, 9.17) is 23.4 Å². The van der Waals surface area contributed by atoms with Gasteiger partial charge >= 0.3 is 0 Å². The van der Waals surface area contributed by atoms with Crippen molar-refractivity contribution in [2.24, 2.45) is 17.8 Å². The second-order valence-corrected chi connectivity index (χ2v) is 10.9. The molecule has 7 atom stereocenters. The predicted molar refractivity (Wildman–Crippen MR) is 102 cm³/mol. The maximum atomic E-state index is 12.7. The van der Waals surface area contributed by atoms with E-state index in [1.54, 1.807) is 18.2 Å². The molecule has 2 bridgehead atoms. The van der Waals surface area contributed by atoms with Gasteiger partial charge in [0.15, 0.2) is 11.9 Å². The van der Waals surface area contributed by atoms with Crippen molar-refractivity contribution >= 4 is 10.1 Å². The first-order valence-electron chi connectivity index (χ1n) is 10.4. The molecule has 6 rings (SSSR count). The number of hydrogen-bond acceptors (Lipinski definition) is 7. The van der Waals surface area contributed by atoms with E-state index in [9.17, 15) is 8.42 Å². The molecule has 1 spiro atoms. The van der Waals surface area contributed by atoms with E-state index in [0.29, 0.717) is 5.92 Å². The molecule has 160 valence electrons. The number of hydrogen-bond donors (Lipinski definition) is 0. The Bertz CT molecular complexity index is 890. The number of rotatable bonds is 4. The van der Waals surface area contributed by atoms with Gasteiger partial charge in [0.25, 0.3) is 10.1 Å². The van der Waals surface area contributed by atoms with Crippen LogP contribution in [0.3, 0.4) is 0 Å². The zero-order chi connectivity index (χ0) is 20.5. The second-order valence-electron chi connectivity index (χ2n) is 9.32. The van der Waals surface area contributed by atoms with Gasteiger partial charge in [-0.25, -0.2) is 9.78 Å². The van der Waals surface area contributed by atoms with Crippen LogP contribution in [0.4, 0.5) is 0 Å². The SMILES string of the molecule is C[C@@H]1CCC2[C@]34OO[C@](C)(CC[C@@H]13)O[C@@H]4O[C@]2(C)COS(=O)(=O)c1ccccc1. The summed E-state index contributed by atoms with van der Waals surface area (Å²) < 4.78 is 43.5. The van der Waals surface area contributed by atoms with Crippen molar-refractivity contribution in [3.05, 3.63) is 30.3 Å². The number of fused-ring (bicyclic) bond motifs is 2. The largest absolute Gasteiger partial charge is 0.340 e. The van der Waals surface area contributed by atoms with Crippen molar-refractivity contribution < 1.29 is 31.8 Å². The molecule has 1 aromatic rings. The van der Waals surface area contributed by atoms with Crippen molar-refractivity contribution in [1.82, 2.24) is 0 Å². The normalized spacial score (nSPS) is 46.3. The molecule has 29 heavy (non-hydrogen) atoms. The van der Waals surface area contributed by atoms with E-state index in [0.717, 1.165) is 25.7 Å². The van der Waals surface area contributed by atoms with E-state index in [-0.39, 0.29) is 23.3 Å². The Hall–Kier alpha value is -1.03. The minimum absolute atomic E-state index is 0.0881. The standard InChI is InChI=1S/C21H28O7S/c1-14-9-10-17-19(2,13-24-29(22,23)15-7-5-4-6-8-15)25-18-21(17)16(14)11-12-20(3,26-18)27-28-21/h4-8,14,16-18H,9-13H2,1-3H3/t14-,16+,17?,18+,19-,20-,21-/m1/s1. The molecule has 5 fully saturated rings. The van der Waals surface area contributed by atoms with Gasteiger partial charge in [0, 0.05) is 12.3 Å². The Kier molecular flexibility index (Phi) is 4.45. The third kappa shape index (κ3) is 2.91. The fourth-order valence-corrected chi connectivity index (χ4v) is 6.81. The first-order chi connectivity index (χ1) is 13.7. The van der Waals surface area contributed by atoms with E-state index in [2.05, 4.69) is 6.92 Å². The summed E-state index contributed by atoms with van der Waals surface area (Å²) in [7, 11) is -3.88. The van der Waals surface area contributed by atoms with Crippen LogP contribution in [-0.4, -0.2) is 38.3 Å². The minimum Gasteiger partial charge on any atom is -0.340 e. The average molecular weight is 425 g/mol. The van der Waals surface area contributed by atoms with Crippen molar-refractivity contribution in [2.45, 2.75) is 74.6 Å². The summed E-state index contributed by atoms with van der Waals surface area (Å²) in [6.45, 7) is 5.91. The Balaban J connectivity index is 1.45. The maximum Gasteiger partial charge on any atom is 0.297 e. The molecular formula is C21H28O7S. The predicted octanol–water partition coefficient (Wildman–Crippen LogP) is 3.40. The van der Waals surface area contributed by atoms with Gasteiger partial charge in [-0.2, -0.15) is 8.42 Å². The highest BCUT2D eigenvalue weighted by molar-refractivity contribution is 7.86. The zero-order valence-corrected chi connectivity index (χ0v) is 17.8. The van der Waals surface area contributed by atoms with Crippen LogP contribution >= 0.6 is 0 Å². The van der Waals surface area contributed by atoms with Crippen LogP contribution < -0.4 is 0 Å². The highest BCUT2D eigenvalue weighted by Gasteiger charge is 2.74. The van der Waals surface area contributed by atoms with Crippen LogP contribution in [0.2, 0.25) is 0 Å². The molecule has 0 radical (unpaired) electrons. The van der Waals surface area contributed by atoms with E-state index >= 15 is 0 Å². The van der Waals surface area contributed by atoms with E-state index in [1.807, 2.05) is 13.8 Å². The van der Waals surface area contributed by atoms with Gasteiger partial charge in [-0.15, -0.1) is 0 Å². The Morgan fingerprint density at radius 2 is 1.83 bits per heavy atom. The van der Waals surface area contributed by atoms with Gasteiger partial charge in [0.05, 0.1) is 17.1 Å². The van der Waals surface area contributed by atoms with Crippen LogP contribution in [-0.2, 0) is 33.6 Å². The van der Waals surface area contributed by atoms with Gasteiger partial charge in [-0.05, 0) is 57.1 Å². The maximum absolute atomic E-state index is 12.7. The fraction of sp³-hybridized carbons (Fsp3) is 0.714. The Morgan fingerprint density at radius 3 is 2.59 bits per heavy atom. The topological polar surface area (TPSA) is 80.3 Å². The smallest absolute Gasteiger partial charge is 0.297 e. The lowest BCUT2D eigenvalue weighted by molar-refractivity contribution is -0.541. The van der Waals surface area contributed by atoms with E-state index < -0.39 is 33.4 Å². The van der Waals surface area contributed by atoms with Crippen LogP contribution in [0.5, 0.6) is 0 Å². The minimum atomic E-state index is -3.88. The van der Waals surface area contributed by atoms with Gasteiger partial charge in [0.2, 0.25) is 5.79 Å². The van der Waals surface area contributed by atoms with E-state index in [1.165, 1.54) is 12.1 Å². The van der Waals surface area contributed by atoms with Crippen LogP contribution in [0, 0.1) is 17.8 Å². The lowest BCUT2D eigenvalue weighted by Crippen LogP contribution is -2.62. The summed E-state index contributed by atoms with van der Waals surface area (Å²) in [5.74, 6) is -0.265. The van der Waals surface area contributed by atoms with Crippen molar-refractivity contribution in [2.75, 3.05) is 6.61 Å². The zero-order valence-electron chi connectivity index (χ0n) is 17.0. The van der Waals surface area contributed by atoms with Crippen LogP contribution in [0.1, 0.15) is 46.5 Å². The molecule has 4 saturated heterocycles. The molecule has 5 aliphatic rings. The molecule has 7 nitrogen and oxygen atoms in total. The van der Waals surface area contributed by atoms with Gasteiger partial charge in [0.1, 0.15) is 0 Å². The summed E-state index contributed by atoms with van der Waals surface area (Å²) in [4.78, 5) is 12.0. The lowest BCUT2D eigenvalue weighted by Gasteiger charge is -2.50. The van der Waals surface area contributed by atoms with Gasteiger partial charge in [-0.3, -0.25) is 4.18 Å². The third-order valence-corrected chi connectivity index (χ3v) is 8.64. The Labute approximate surface area is 171 Å². The van der Waals surface area contributed by atoms with Crippen molar-refractivity contribution in [1.29, 1.82) is 0 Å². The first-order valence-corrected chi connectivity index (χ1v) is 11.8. The second kappa shape index (κ2) is 6.48. The molecule has 1 saturated carbocycles. The molecule has 1 unspecified atom stereocenters. The highest BCUT2D eigenvalue weighted by Crippen LogP contribution is 2.63. The molecule has 0 aromatic heterocycles. The molecular weight excluding hydrogens is 396 g/mol. The fourth-order valence-electron chi connectivity index (χ4n) is 5.79. The molecule has 4 aliphatic heterocycles. The van der Waals surface area contributed by atoms with Crippen molar-refractivity contribution in [3.8, 4) is 0 Å². The molecule has 0 amide bonds. The number of benzene rings is 1. The molecule has 1 aliphatic carbocycles. The van der Waals surface area contributed by atoms with Crippen LogP contribution in [0.25, 0.3) is 0 Å². The van der Waals surface area contributed by atoms with Gasteiger partial charge in [-0.1, -0.05) is 25.1 Å². The quantitative estimate of drug-likeness (QED) is 0.541. The average Bonchev–Trinajstić information content (AvgIpc) is 2.78. The Morgan fingerprint density at radius 1 is 1.07 bits per heavy atom. The van der Waals surface area contributed by atoms with Gasteiger partial charge < -0.3 is 9.47 Å². The summed E-state index contributed by atoms with van der Waals surface area (Å²) in [6.07, 6.45) is 2.92. The third-order valence-electron chi connectivity index (χ3n) is 7.36. The molecule has 8 heteroatoms. The molecule has 4 heterocycles. The lowest BCUT2D eigenvalue weighted by atomic mass is 9.60. The highest BCUT2D eigenvalue weighted by atomic mass is 32.2. The number of ether oxygens (including phenoxy) is 2. The summed E-state index contributed by atoms with van der Waals surface area (Å²) >= 11 is 0. The first kappa shape index (κ1) is 19.9. The summed E-state index contributed by atoms with van der Waals surface area (Å²) in [5.41, 5.74) is -1.60. The summed E-state index contributed by atoms with van der Waals surface area (Å²) in [6, 6.07) is 8.16.